The Balaban J connectivity index is 1.83. The van der Waals surface area contributed by atoms with E-state index >= 15 is 0 Å². The lowest BCUT2D eigenvalue weighted by atomic mass is 10.0. The average molecular weight is 367 g/mol. The standard InChI is InChI=1S/C21H23ClN4/c1-25(2)17-10-6-15(7-11-17)20-19-5-3-4-14-23-21(19)26(24-20)18-12-8-16(22)9-13-18/h6-13,23H,3-5,14H2,1-2H3. The van der Waals surface area contributed by atoms with Gasteiger partial charge in [0.25, 0.3) is 0 Å². The first-order valence-corrected chi connectivity index (χ1v) is 9.41. The molecule has 0 saturated carbocycles. The van der Waals surface area contributed by atoms with Crippen LogP contribution in [0.2, 0.25) is 5.02 Å². The number of rotatable bonds is 3. The molecule has 0 fully saturated rings. The van der Waals surface area contributed by atoms with Crippen LogP contribution in [0.15, 0.2) is 48.5 Å². The molecule has 1 N–H and O–H groups in total. The van der Waals surface area contributed by atoms with Crippen LogP contribution in [0, 0.1) is 0 Å². The van der Waals surface area contributed by atoms with Crippen molar-refractivity contribution in [1.82, 2.24) is 9.78 Å². The van der Waals surface area contributed by atoms with Gasteiger partial charge < -0.3 is 10.2 Å². The third kappa shape index (κ3) is 3.17. The van der Waals surface area contributed by atoms with Gasteiger partial charge in [-0.1, -0.05) is 23.7 Å². The number of nitrogens with zero attached hydrogens (tertiary/aromatic N) is 3. The van der Waals surface area contributed by atoms with E-state index in [1.54, 1.807) is 0 Å². The first kappa shape index (κ1) is 17.0. The van der Waals surface area contributed by atoms with Gasteiger partial charge in [0, 0.05) is 42.5 Å². The summed E-state index contributed by atoms with van der Waals surface area (Å²) in [6.45, 7) is 0.977. The van der Waals surface area contributed by atoms with Crippen LogP contribution in [0.1, 0.15) is 18.4 Å². The maximum atomic E-state index is 6.06. The Morgan fingerprint density at radius 2 is 1.73 bits per heavy atom. The van der Waals surface area contributed by atoms with Gasteiger partial charge in [-0.25, -0.2) is 4.68 Å². The van der Waals surface area contributed by atoms with Gasteiger partial charge in [0.2, 0.25) is 0 Å². The number of hydrogen-bond donors (Lipinski definition) is 1. The second-order valence-electron chi connectivity index (χ2n) is 6.89. The average Bonchev–Trinajstić information content (AvgIpc) is 2.84. The minimum atomic E-state index is 0.736. The maximum Gasteiger partial charge on any atom is 0.133 e. The lowest BCUT2D eigenvalue weighted by Gasteiger charge is -2.12. The smallest absolute Gasteiger partial charge is 0.133 e. The van der Waals surface area contributed by atoms with Crippen LogP contribution in [0.25, 0.3) is 16.9 Å². The summed E-state index contributed by atoms with van der Waals surface area (Å²) >= 11 is 6.06. The van der Waals surface area contributed by atoms with Gasteiger partial charge in [-0.3, -0.25) is 0 Å². The number of halogens is 1. The summed E-state index contributed by atoms with van der Waals surface area (Å²) in [6.07, 6.45) is 3.39. The summed E-state index contributed by atoms with van der Waals surface area (Å²) in [5, 5.41) is 9.30. The lowest BCUT2D eigenvalue weighted by molar-refractivity contribution is 0.780. The predicted molar refractivity (Wildman–Crippen MR) is 110 cm³/mol. The maximum absolute atomic E-state index is 6.06. The molecule has 0 saturated heterocycles. The molecule has 0 aliphatic carbocycles. The lowest BCUT2D eigenvalue weighted by Crippen LogP contribution is -2.08. The minimum Gasteiger partial charge on any atom is -0.378 e. The summed E-state index contributed by atoms with van der Waals surface area (Å²) in [5.41, 5.74) is 5.74. The number of nitrogens with one attached hydrogen (secondary N) is 1. The first-order valence-electron chi connectivity index (χ1n) is 9.03. The van der Waals surface area contributed by atoms with Gasteiger partial charge in [-0.15, -0.1) is 0 Å². The predicted octanol–water partition coefficient (Wildman–Crippen LogP) is 5.01. The molecule has 2 aromatic carbocycles. The Hall–Kier alpha value is -2.46. The molecule has 0 unspecified atom stereocenters. The number of benzene rings is 2. The van der Waals surface area contributed by atoms with E-state index in [0.717, 1.165) is 40.8 Å². The molecule has 0 atom stereocenters. The third-order valence-electron chi connectivity index (χ3n) is 4.86. The van der Waals surface area contributed by atoms with E-state index in [1.807, 2.05) is 28.9 Å². The Morgan fingerprint density at radius 3 is 2.42 bits per heavy atom. The van der Waals surface area contributed by atoms with Crippen LogP contribution < -0.4 is 10.2 Å². The van der Waals surface area contributed by atoms with Crippen LogP contribution in [-0.2, 0) is 6.42 Å². The Bertz CT molecular complexity index is 895. The molecule has 1 aliphatic heterocycles. The van der Waals surface area contributed by atoms with E-state index in [0.29, 0.717) is 0 Å². The molecule has 134 valence electrons. The Labute approximate surface area is 159 Å². The van der Waals surface area contributed by atoms with Crippen LogP contribution in [0.4, 0.5) is 11.5 Å². The number of anilines is 2. The van der Waals surface area contributed by atoms with E-state index in [4.69, 9.17) is 16.7 Å². The number of fused-ring (bicyclic) bond motifs is 1. The molecule has 4 nitrogen and oxygen atoms in total. The van der Waals surface area contributed by atoms with Crippen molar-refractivity contribution in [3.05, 3.63) is 59.1 Å². The highest BCUT2D eigenvalue weighted by Crippen LogP contribution is 2.34. The SMILES string of the molecule is CN(C)c1ccc(-c2nn(-c3ccc(Cl)cc3)c3c2CCCCN3)cc1. The molecule has 2 heterocycles. The molecule has 3 aromatic rings. The first-order chi connectivity index (χ1) is 12.6. The van der Waals surface area contributed by atoms with Gasteiger partial charge in [0.15, 0.2) is 0 Å². The number of aromatic nitrogens is 2. The van der Waals surface area contributed by atoms with Crippen molar-refractivity contribution in [3.8, 4) is 16.9 Å². The molecular weight excluding hydrogens is 344 g/mol. The number of hydrogen-bond acceptors (Lipinski definition) is 3. The Kier molecular flexibility index (Phi) is 4.60. The molecule has 26 heavy (non-hydrogen) atoms. The van der Waals surface area contributed by atoms with Crippen molar-refractivity contribution < 1.29 is 0 Å². The summed E-state index contributed by atoms with van der Waals surface area (Å²) in [4.78, 5) is 2.11. The zero-order valence-corrected chi connectivity index (χ0v) is 15.9. The van der Waals surface area contributed by atoms with E-state index in [9.17, 15) is 0 Å². The molecule has 4 rings (SSSR count). The van der Waals surface area contributed by atoms with Crippen molar-refractivity contribution >= 4 is 23.1 Å². The van der Waals surface area contributed by atoms with E-state index < -0.39 is 0 Å². The fraction of sp³-hybridized carbons (Fsp3) is 0.286. The van der Waals surface area contributed by atoms with Crippen LogP contribution in [0.5, 0.6) is 0 Å². The van der Waals surface area contributed by atoms with E-state index in [2.05, 4.69) is 48.6 Å². The van der Waals surface area contributed by atoms with Crippen molar-refractivity contribution in [2.45, 2.75) is 19.3 Å². The summed E-state index contributed by atoms with van der Waals surface area (Å²) in [6, 6.07) is 16.5. The Morgan fingerprint density at radius 1 is 1.00 bits per heavy atom. The third-order valence-corrected chi connectivity index (χ3v) is 5.11. The molecule has 1 aliphatic rings. The molecular formula is C21H23ClN4. The molecule has 1 aromatic heterocycles. The quantitative estimate of drug-likeness (QED) is 0.707. The van der Waals surface area contributed by atoms with Crippen LogP contribution in [-0.4, -0.2) is 30.4 Å². The highest BCUT2D eigenvalue weighted by molar-refractivity contribution is 6.30. The monoisotopic (exact) mass is 366 g/mol. The van der Waals surface area contributed by atoms with Gasteiger partial charge in [0.1, 0.15) is 5.82 Å². The summed E-state index contributed by atoms with van der Waals surface area (Å²) in [5.74, 6) is 1.11. The van der Waals surface area contributed by atoms with Gasteiger partial charge >= 0.3 is 0 Å². The highest BCUT2D eigenvalue weighted by Gasteiger charge is 2.21. The fourth-order valence-corrected chi connectivity index (χ4v) is 3.55. The largest absolute Gasteiger partial charge is 0.378 e. The van der Waals surface area contributed by atoms with Crippen LogP contribution in [0.3, 0.4) is 0 Å². The fourth-order valence-electron chi connectivity index (χ4n) is 3.42. The molecule has 0 spiro atoms. The van der Waals surface area contributed by atoms with E-state index in [1.165, 1.54) is 24.1 Å². The van der Waals surface area contributed by atoms with Gasteiger partial charge in [0.05, 0.1) is 11.4 Å². The zero-order valence-electron chi connectivity index (χ0n) is 15.2. The normalized spacial score (nSPS) is 13.7. The molecule has 0 amide bonds. The summed E-state index contributed by atoms with van der Waals surface area (Å²) < 4.78 is 2.02. The van der Waals surface area contributed by atoms with Crippen molar-refractivity contribution in [1.29, 1.82) is 0 Å². The van der Waals surface area contributed by atoms with Crippen LogP contribution >= 0.6 is 11.6 Å². The zero-order chi connectivity index (χ0) is 18.1. The molecule has 0 bridgehead atoms. The van der Waals surface area contributed by atoms with Crippen molar-refractivity contribution in [2.24, 2.45) is 0 Å². The molecule has 0 radical (unpaired) electrons. The van der Waals surface area contributed by atoms with Gasteiger partial charge in [-0.2, -0.15) is 5.10 Å². The van der Waals surface area contributed by atoms with Gasteiger partial charge in [-0.05, 0) is 55.7 Å². The topological polar surface area (TPSA) is 33.1 Å². The minimum absolute atomic E-state index is 0.736. The second-order valence-corrected chi connectivity index (χ2v) is 7.33. The summed E-state index contributed by atoms with van der Waals surface area (Å²) in [7, 11) is 4.11. The second kappa shape index (κ2) is 7.04. The van der Waals surface area contributed by atoms with Crippen molar-refractivity contribution in [2.75, 3.05) is 30.9 Å². The van der Waals surface area contributed by atoms with Crippen molar-refractivity contribution in [3.63, 3.8) is 0 Å². The highest BCUT2D eigenvalue weighted by atomic mass is 35.5. The van der Waals surface area contributed by atoms with E-state index in [-0.39, 0.29) is 0 Å². The molecule has 5 heteroatoms.